The van der Waals surface area contributed by atoms with Crippen LogP contribution in [0.5, 0.6) is 5.75 Å². The fourth-order valence-electron chi connectivity index (χ4n) is 1.80. The van der Waals surface area contributed by atoms with E-state index in [9.17, 15) is 9.90 Å². The van der Waals surface area contributed by atoms with E-state index < -0.39 is 0 Å². The molecule has 0 spiro atoms. The molecule has 2 N–H and O–H groups in total. The maximum Gasteiger partial charge on any atom is 0.248 e. The lowest BCUT2D eigenvalue weighted by molar-refractivity contribution is -0.200. The van der Waals surface area contributed by atoms with Crippen LogP contribution in [0, 0.1) is 0 Å². The number of para-hydroxylation sites is 1. The van der Waals surface area contributed by atoms with Gasteiger partial charge in [0.05, 0.1) is 6.42 Å². The number of ether oxygens (including phenoxy) is 1. The molecule has 1 aliphatic heterocycles. The topological polar surface area (TPSA) is 67.8 Å². The van der Waals surface area contributed by atoms with Gasteiger partial charge in [0.25, 0.3) is 0 Å². The summed E-state index contributed by atoms with van der Waals surface area (Å²) in [5.74, 6) is -0.188. The summed E-state index contributed by atoms with van der Waals surface area (Å²) >= 11 is 0. The Bertz CT molecular complexity index is 402. The largest absolute Gasteiger partial charge is 0.508 e. The lowest BCUT2D eigenvalue weighted by atomic mass is 10.1. The van der Waals surface area contributed by atoms with Crippen LogP contribution in [0.4, 0.5) is 0 Å². The van der Waals surface area contributed by atoms with E-state index in [1.807, 2.05) is 0 Å². The van der Waals surface area contributed by atoms with Crippen LogP contribution in [0.3, 0.4) is 0 Å². The first-order valence-electron chi connectivity index (χ1n) is 6.08. The minimum Gasteiger partial charge on any atom is -0.508 e. The van der Waals surface area contributed by atoms with Crippen molar-refractivity contribution >= 4 is 5.91 Å². The number of hydrogen-bond acceptors (Lipinski definition) is 4. The lowest BCUT2D eigenvalue weighted by Gasteiger charge is -2.22. The zero-order chi connectivity index (χ0) is 12.8. The first-order valence-corrected chi connectivity index (χ1v) is 6.08. The number of hydroxylamine groups is 1. The van der Waals surface area contributed by atoms with Gasteiger partial charge < -0.3 is 9.84 Å². The van der Waals surface area contributed by atoms with E-state index in [0.29, 0.717) is 12.2 Å². The molecule has 1 aromatic rings. The predicted octanol–water partition coefficient (Wildman–Crippen LogP) is 1.51. The van der Waals surface area contributed by atoms with Crippen LogP contribution in [0.2, 0.25) is 0 Å². The molecular formula is C13H17NO4. The second kappa shape index (κ2) is 6.37. The number of carbonyl (C=O) groups excluding carboxylic acids is 1. The summed E-state index contributed by atoms with van der Waals surface area (Å²) in [6, 6.07) is 6.73. The summed E-state index contributed by atoms with van der Waals surface area (Å²) in [4.78, 5) is 16.8. The third-order valence-electron chi connectivity index (χ3n) is 2.78. The van der Waals surface area contributed by atoms with Gasteiger partial charge in [-0.2, -0.15) is 0 Å². The lowest BCUT2D eigenvalue weighted by Crippen LogP contribution is -2.33. The van der Waals surface area contributed by atoms with E-state index >= 15 is 0 Å². The van der Waals surface area contributed by atoms with Gasteiger partial charge in [-0.15, -0.1) is 0 Å². The Morgan fingerprint density at radius 1 is 1.44 bits per heavy atom. The molecule has 5 nitrogen and oxygen atoms in total. The third-order valence-corrected chi connectivity index (χ3v) is 2.78. The van der Waals surface area contributed by atoms with Gasteiger partial charge in [0.1, 0.15) is 5.75 Å². The minimum atomic E-state index is -0.355. The third kappa shape index (κ3) is 3.72. The molecule has 1 aliphatic rings. The number of aromatic hydroxyl groups is 1. The van der Waals surface area contributed by atoms with Crippen LogP contribution in [0.1, 0.15) is 24.8 Å². The standard InChI is InChI=1S/C13H17NO4/c15-11-6-2-1-5-10(11)9-12(16)14-18-13-7-3-4-8-17-13/h1-2,5-6,13,15H,3-4,7-9H2,(H,14,16). The Hall–Kier alpha value is -1.59. The van der Waals surface area contributed by atoms with Crippen molar-refractivity contribution in [1.82, 2.24) is 5.48 Å². The molecule has 0 aromatic heterocycles. The highest BCUT2D eigenvalue weighted by Crippen LogP contribution is 2.16. The molecule has 1 saturated heterocycles. The van der Waals surface area contributed by atoms with E-state index in [1.165, 1.54) is 0 Å². The molecule has 1 atom stereocenters. The normalized spacial score (nSPS) is 19.4. The summed E-state index contributed by atoms with van der Waals surface area (Å²) in [5.41, 5.74) is 2.93. The smallest absolute Gasteiger partial charge is 0.248 e. The molecule has 1 heterocycles. The molecule has 0 saturated carbocycles. The van der Waals surface area contributed by atoms with Gasteiger partial charge in [0, 0.05) is 18.6 Å². The highest BCUT2D eigenvalue weighted by atomic mass is 16.8. The van der Waals surface area contributed by atoms with Gasteiger partial charge in [-0.3, -0.25) is 4.79 Å². The molecule has 98 valence electrons. The minimum absolute atomic E-state index is 0.0827. The van der Waals surface area contributed by atoms with Crippen LogP contribution in [-0.2, 0) is 20.8 Å². The second-order valence-electron chi connectivity index (χ2n) is 4.24. The summed E-state index contributed by atoms with van der Waals surface area (Å²) in [7, 11) is 0. The zero-order valence-corrected chi connectivity index (χ0v) is 10.1. The van der Waals surface area contributed by atoms with E-state index in [-0.39, 0.29) is 24.4 Å². The number of hydrogen-bond donors (Lipinski definition) is 2. The number of carbonyl (C=O) groups is 1. The first kappa shape index (κ1) is 12.9. The number of nitrogens with one attached hydrogen (secondary N) is 1. The van der Waals surface area contributed by atoms with Crippen LogP contribution in [0.15, 0.2) is 24.3 Å². The highest BCUT2D eigenvalue weighted by molar-refractivity contribution is 5.78. The number of phenols is 1. The maximum atomic E-state index is 11.6. The summed E-state index contributed by atoms with van der Waals surface area (Å²) in [5, 5.41) is 9.53. The van der Waals surface area contributed by atoms with Crippen molar-refractivity contribution in [2.24, 2.45) is 0 Å². The fourth-order valence-corrected chi connectivity index (χ4v) is 1.80. The van der Waals surface area contributed by atoms with Gasteiger partial charge >= 0.3 is 0 Å². The van der Waals surface area contributed by atoms with Gasteiger partial charge in [-0.05, 0) is 18.9 Å². The molecule has 0 radical (unpaired) electrons. The van der Waals surface area contributed by atoms with Gasteiger partial charge in [-0.1, -0.05) is 18.2 Å². The average Bonchev–Trinajstić information content (AvgIpc) is 2.40. The van der Waals surface area contributed by atoms with Gasteiger partial charge in [-0.25, -0.2) is 10.3 Å². The van der Waals surface area contributed by atoms with Crippen molar-refractivity contribution in [3.63, 3.8) is 0 Å². The van der Waals surface area contributed by atoms with E-state index in [2.05, 4.69) is 5.48 Å². The van der Waals surface area contributed by atoms with Crippen molar-refractivity contribution in [1.29, 1.82) is 0 Å². The Morgan fingerprint density at radius 2 is 2.28 bits per heavy atom. The zero-order valence-electron chi connectivity index (χ0n) is 10.1. The highest BCUT2D eigenvalue weighted by Gasteiger charge is 2.16. The number of rotatable bonds is 4. The summed E-state index contributed by atoms with van der Waals surface area (Å²) in [6.07, 6.45) is 2.59. The quantitative estimate of drug-likeness (QED) is 0.796. The van der Waals surface area contributed by atoms with Gasteiger partial charge in [0.15, 0.2) is 6.29 Å². The molecule has 0 bridgehead atoms. The fraction of sp³-hybridized carbons (Fsp3) is 0.462. The predicted molar refractivity (Wildman–Crippen MR) is 64.6 cm³/mol. The molecule has 18 heavy (non-hydrogen) atoms. The van der Waals surface area contributed by atoms with E-state index in [4.69, 9.17) is 9.57 Å². The van der Waals surface area contributed by atoms with Crippen LogP contribution < -0.4 is 5.48 Å². The van der Waals surface area contributed by atoms with Crippen molar-refractivity contribution in [3.05, 3.63) is 29.8 Å². The summed E-state index contributed by atoms with van der Waals surface area (Å²) in [6.45, 7) is 0.667. The van der Waals surface area contributed by atoms with Crippen molar-refractivity contribution in [2.75, 3.05) is 6.61 Å². The van der Waals surface area contributed by atoms with E-state index in [0.717, 1.165) is 19.3 Å². The second-order valence-corrected chi connectivity index (χ2v) is 4.24. The average molecular weight is 251 g/mol. The molecule has 1 unspecified atom stereocenters. The van der Waals surface area contributed by atoms with E-state index in [1.54, 1.807) is 24.3 Å². The Labute approximate surface area is 106 Å². The molecule has 1 fully saturated rings. The number of benzene rings is 1. The van der Waals surface area contributed by atoms with Crippen molar-refractivity contribution in [2.45, 2.75) is 32.0 Å². The molecule has 1 aromatic carbocycles. The Kier molecular flexibility index (Phi) is 4.55. The number of amides is 1. The molecule has 2 rings (SSSR count). The van der Waals surface area contributed by atoms with Crippen LogP contribution in [-0.4, -0.2) is 23.9 Å². The van der Waals surface area contributed by atoms with Crippen molar-refractivity contribution < 1.29 is 19.5 Å². The van der Waals surface area contributed by atoms with Crippen LogP contribution >= 0.6 is 0 Å². The molecule has 0 aliphatic carbocycles. The molecule has 1 amide bonds. The Morgan fingerprint density at radius 3 is 3.00 bits per heavy atom. The monoisotopic (exact) mass is 251 g/mol. The molecule has 5 heteroatoms. The molecular weight excluding hydrogens is 234 g/mol. The van der Waals surface area contributed by atoms with Gasteiger partial charge in [0.2, 0.25) is 5.91 Å². The van der Waals surface area contributed by atoms with Crippen LogP contribution in [0.25, 0.3) is 0 Å². The van der Waals surface area contributed by atoms with Crippen molar-refractivity contribution in [3.8, 4) is 5.75 Å². The SMILES string of the molecule is O=C(Cc1ccccc1O)NOC1CCCCO1. The Balaban J connectivity index is 1.76. The maximum absolute atomic E-state index is 11.6. The first-order chi connectivity index (χ1) is 8.75. The summed E-state index contributed by atoms with van der Waals surface area (Å²) < 4.78 is 5.32. The number of phenolic OH excluding ortho intramolecular Hbond substituents is 1.